The van der Waals surface area contributed by atoms with E-state index in [0.717, 1.165) is 77.2 Å². The normalized spacial score (nSPS) is 12.2. The summed E-state index contributed by atoms with van der Waals surface area (Å²) in [5, 5.41) is 0. The van der Waals surface area contributed by atoms with Gasteiger partial charge in [-0.05, 0) is 77.9 Å². The fraction of sp³-hybridized carbons (Fsp3) is 0.902. The maximum absolute atomic E-state index is 12.6. The van der Waals surface area contributed by atoms with Crippen LogP contribution in [0.1, 0.15) is 239 Å². The maximum atomic E-state index is 12.6. The van der Waals surface area contributed by atoms with Crippen molar-refractivity contribution in [3.63, 3.8) is 0 Å². The zero-order chi connectivity index (χ0) is 45.7. The van der Waals surface area contributed by atoms with Crippen molar-refractivity contribution in [3.05, 3.63) is 0 Å². The Morgan fingerprint density at radius 1 is 0.371 bits per heavy atom. The van der Waals surface area contributed by atoms with E-state index in [1.165, 1.54) is 96.3 Å². The quantitative estimate of drug-likeness (QED) is 0.0328. The highest BCUT2D eigenvalue weighted by atomic mass is 16.6. The third-order valence-electron chi connectivity index (χ3n) is 11.3. The molecule has 364 valence electrons. The third-order valence-corrected chi connectivity index (χ3v) is 11.3. The molecule has 0 fully saturated rings. The monoisotopic (exact) mass is 882 g/mol. The van der Waals surface area contributed by atoms with Gasteiger partial charge in [0.05, 0.1) is 13.2 Å². The first-order valence-electron chi connectivity index (χ1n) is 25.6. The lowest BCUT2D eigenvalue weighted by Gasteiger charge is -2.18. The Morgan fingerprint density at radius 2 is 0.710 bits per heavy atom. The summed E-state index contributed by atoms with van der Waals surface area (Å²) in [6.07, 6.45) is 31.4. The fourth-order valence-corrected chi connectivity index (χ4v) is 7.36. The minimum Gasteiger partial charge on any atom is -0.466 e. The van der Waals surface area contributed by atoms with E-state index < -0.39 is 24.0 Å². The number of unbranched alkanes of at least 4 members (excludes halogenated alkanes) is 21. The summed E-state index contributed by atoms with van der Waals surface area (Å²) in [4.78, 5) is 64.1. The van der Waals surface area contributed by atoms with Gasteiger partial charge in [-0.1, -0.05) is 156 Å². The molecule has 11 nitrogen and oxygen atoms in total. The first kappa shape index (κ1) is 59.3. The van der Waals surface area contributed by atoms with Gasteiger partial charge >= 0.3 is 29.8 Å². The number of hydrogen-bond acceptors (Lipinski definition) is 11. The summed E-state index contributed by atoms with van der Waals surface area (Å²) in [6, 6.07) is 0. The zero-order valence-electron chi connectivity index (χ0n) is 40.8. The Balaban J connectivity index is 4.39. The van der Waals surface area contributed by atoms with Gasteiger partial charge in [0, 0.05) is 32.1 Å². The van der Waals surface area contributed by atoms with Gasteiger partial charge in [0.25, 0.3) is 0 Å². The molecule has 0 radical (unpaired) electrons. The molecule has 0 rings (SSSR count). The topological polar surface area (TPSA) is 135 Å². The van der Waals surface area contributed by atoms with Gasteiger partial charge in [-0.25, -0.2) is 0 Å². The Bertz CT molecular complexity index is 1080. The Morgan fingerprint density at radius 3 is 1.15 bits per heavy atom. The zero-order valence-corrected chi connectivity index (χ0v) is 40.8. The van der Waals surface area contributed by atoms with E-state index >= 15 is 0 Å². The SMILES string of the molecule is CCCCCCCCCOC(=O)CCCCCCCC(=O)OCC(COC(=O)CCCCCCC(=O)OCC(CCCCCC)CCCCCCCC)OC(=O)CCCN(C)C. The smallest absolute Gasteiger partial charge is 0.306 e. The summed E-state index contributed by atoms with van der Waals surface area (Å²) in [7, 11) is 3.86. The number of ether oxygens (including phenoxy) is 5. The van der Waals surface area contributed by atoms with Crippen molar-refractivity contribution in [1.29, 1.82) is 0 Å². The number of hydrogen-bond donors (Lipinski definition) is 0. The van der Waals surface area contributed by atoms with Crippen molar-refractivity contribution in [2.75, 3.05) is 47.1 Å². The number of carbonyl (C=O) groups is 5. The fourth-order valence-electron chi connectivity index (χ4n) is 7.36. The standard InChI is InChI=1S/C51H95NO10/c1-6-9-12-15-17-24-31-41-58-47(53)35-27-20-18-21-28-37-49(55)60-43-46(62-51(57)39-32-40-52(4)5)44-61-50(56)38-30-23-22-29-36-48(54)59-42-45(33-25-14-11-8-3)34-26-19-16-13-10-7-2/h45-46H,6-44H2,1-5H3. The van der Waals surface area contributed by atoms with E-state index in [4.69, 9.17) is 23.7 Å². The number of esters is 5. The van der Waals surface area contributed by atoms with Crippen LogP contribution in [0.2, 0.25) is 0 Å². The van der Waals surface area contributed by atoms with Crippen molar-refractivity contribution in [2.45, 2.75) is 245 Å². The van der Waals surface area contributed by atoms with Gasteiger partial charge in [0.1, 0.15) is 13.2 Å². The second kappa shape index (κ2) is 44.9. The van der Waals surface area contributed by atoms with Crippen LogP contribution < -0.4 is 0 Å². The van der Waals surface area contributed by atoms with Gasteiger partial charge in [0.2, 0.25) is 0 Å². The molecule has 0 aliphatic carbocycles. The molecule has 0 aromatic carbocycles. The van der Waals surface area contributed by atoms with Crippen LogP contribution in [0.25, 0.3) is 0 Å². The van der Waals surface area contributed by atoms with Crippen LogP contribution in [0, 0.1) is 5.92 Å². The molecule has 0 saturated heterocycles. The highest BCUT2D eigenvalue weighted by Crippen LogP contribution is 2.20. The minimum atomic E-state index is -0.881. The summed E-state index contributed by atoms with van der Waals surface area (Å²) < 4.78 is 27.5. The van der Waals surface area contributed by atoms with Crippen LogP contribution in [0.15, 0.2) is 0 Å². The van der Waals surface area contributed by atoms with Crippen molar-refractivity contribution in [3.8, 4) is 0 Å². The molecule has 0 aliphatic heterocycles. The van der Waals surface area contributed by atoms with Gasteiger partial charge in [-0.15, -0.1) is 0 Å². The molecule has 0 N–H and O–H groups in total. The van der Waals surface area contributed by atoms with Crippen LogP contribution >= 0.6 is 0 Å². The van der Waals surface area contributed by atoms with E-state index in [1.54, 1.807) is 0 Å². The molecule has 0 aromatic rings. The molecule has 62 heavy (non-hydrogen) atoms. The molecule has 0 aliphatic rings. The van der Waals surface area contributed by atoms with Crippen LogP contribution in [0.3, 0.4) is 0 Å². The van der Waals surface area contributed by atoms with E-state index in [1.807, 2.05) is 19.0 Å². The van der Waals surface area contributed by atoms with Crippen LogP contribution in [0.5, 0.6) is 0 Å². The third kappa shape index (κ3) is 42.6. The summed E-state index contributed by atoms with van der Waals surface area (Å²) >= 11 is 0. The van der Waals surface area contributed by atoms with Crippen molar-refractivity contribution >= 4 is 29.8 Å². The first-order chi connectivity index (χ1) is 30.1. The van der Waals surface area contributed by atoms with Gasteiger partial charge in [-0.3, -0.25) is 24.0 Å². The lowest BCUT2D eigenvalue weighted by molar-refractivity contribution is -0.167. The average molecular weight is 882 g/mol. The average Bonchev–Trinajstić information content (AvgIpc) is 3.24. The van der Waals surface area contributed by atoms with Crippen molar-refractivity contribution in [1.82, 2.24) is 4.90 Å². The second-order valence-electron chi connectivity index (χ2n) is 17.9. The van der Waals surface area contributed by atoms with Crippen molar-refractivity contribution in [2.24, 2.45) is 5.92 Å². The van der Waals surface area contributed by atoms with E-state index in [9.17, 15) is 24.0 Å². The Hall–Kier alpha value is -2.69. The lowest BCUT2D eigenvalue weighted by Crippen LogP contribution is -2.31. The number of nitrogens with zero attached hydrogens (tertiary/aromatic N) is 1. The van der Waals surface area contributed by atoms with Crippen LogP contribution in [0.4, 0.5) is 0 Å². The highest BCUT2D eigenvalue weighted by molar-refractivity contribution is 5.71. The van der Waals surface area contributed by atoms with Gasteiger partial charge in [0.15, 0.2) is 6.10 Å². The summed E-state index contributed by atoms with van der Waals surface area (Å²) in [6.45, 7) is 8.08. The minimum absolute atomic E-state index is 0.130. The molecule has 11 heteroatoms. The Labute approximate surface area is 379 Å². The molecule has 0 amide bonds. The summed E-state index contributed by atoms with van der Waals surface area (Å²) in [5.74, 6) is -1.03. The predicted molar refractivity (Wildman–Crippen MR) is 250 cm³/mol. The van der Waals surface area contributed by atoms with E-state index in [-0.39, 0.29) is 44.4 Å². The molecule has 0 spiro atoms. The van der Waals surface area contributed by atoms with Crippen LogP contribution in [-0.4, -0.2) is 87.9 Å². The Kier molecular flexibility index (Phi) is 43.0. The number of rotatable bonds is 46. The molecule has 0 bridgehead atoms. The molecule has 0 heterocycles. The summed E-state index contributed by atoms with van der Waals surface area (Å²) in [5.41, 5.74) is 0. The highest BCUT2D eigenvalue weighted by Gasteiger charge is 2.20. The lowest BCUT2D eigenvalue weighted by atomic mass is 9.95. The molecule has 0 saturated carbocycles. The molecule has 2 unspecified atom stereocenters. The van der Waals surface area contributed by atoms with Gasteiger partial charge in [-0.2, -0.15) is 0 Å². The maximum Gasteiger partial charge on any atom is 0.306 e. The van der Waals surface area contributed by atoms with Crippen molar-refractivity contribution < 1.29 is 47.7 Å². The second-order valence-corrected chi connectivity index (χ2v) is 17.9. The first-order valence-corrected chi connectivity index (χ1v) is 25.6. The van der Waals surface area contributed by atoms with Crippen LogP contribution in [-0.2, 0) is 47.7 Å². The van der Waals surface area contributed by atoms with Gasteiger partial charge < -0.3 is 28.6 Å². The molecule has 2 atom stereocenters. The molecular weight excluding hydrogens is 787 g/mol. The predicted octanol–water partition coefficient (Wildman–Crippen LogP) is 12.6. The number of carbonyl (C=O) groups excluding carboxylic acids is 5. The molecular formula is C51H95NO10. The van der Waals surface area contributed by atoms with E-state index in [2.05, 4.69) is 20.8 Å². The van der Waals surface area contributed by atoms with E-state index in [0.29, 0.717) is 51.2 Å². The largest absolute Gasteiger partial charge is 0.466 e. The molecule has 0 aromatic heterocycles.